The number of aliphatic carboxylic acids is 1. The van der Waals surface area contributed by atoms with Gasteiger partial charge in [0.05, 0.1) is 12.1 Å². The van der Waals surface area contributed by atoms with E-state index in [0.29, 0.717) is 5.69 Å². The molecule has 0 amide bonds. The second-order valence-electron chi connectivity index (χ2n) is 3.68. The van der Waals surface area contributed by atoms with Gasteiger partial charge in [0.2, 0.25) is 0 Å². The molecule has 6 heteroatoms. The van der Waals surface area contributed by atoms with E-state index in [4.69, 9.17) is 5.11 Å². The van der Waals surface area contributed by atoms with Crippen molar-refractivity contribution < 1.29 is 9.90 Å². The number of carboxylic acid groups (broad SMARTS) is 1. The Morgan fingerprint density at radius 2 is 2.35 bits per heavy atom. The van der Waals surface area contributed by atoms with Crippen LogP contribution in [0, 0.1) is 0 Å². The molecule has 0 aliphatic carbocycles. The molecule has 2 aromatic rings. The summed E-state index contributed by atoms with van der Waals surface area (Å²) in [4.78, 5) is 16.9. The number of anilines is 1. The lowest BCUT2D eigenvalue weighted by Gasteiger charge is -2.14. The van der Waals surface area contributed by atoms with Crippen molar-refractivity contribution in [3.8, 4) is 0 Å². The number of thiazole rings is 1. The quantitative estimate of drug-likeness (QED) is 0.905. The van der Waals surface area contributed by atoms with Gasteiger partial charge in [-0.25, -0.2) is 4.98 Å². The first-order valence-corrected chi connectivity index (χ1v) is 6.86. The summed E-state index contributed by atoms with van der Waals surface area (Å²) in [6.45, 7) is 0.795. The zero-order valence-electron chi connectivity index (χ0n) is 9.29. The Labute approximate surface area is 107 Å². The molecular formula is C11H12N2O2S2. The highest BCUT2D eigenvalue weighted by Crippen LogP contribution is 2.21. The maximum atomic E-state index is 10.6. The van der Waals surface area contributed by atoms with E-state index in [2.05, 4.69) is 16.4 Å². The summed E-state index contributed by atoms with van der Waals surface area (Å²) in [5.74, 6) is -0.845. The minimum absolute atomic E-state index is 0.0111. The topological polar surface area (TPSA) is 53.4 Å². The Kier molecular flexibility index (Phi) is 3.75. The maximum absolute atomic E-state index is 10.6. The van der Waals surface area contributed by atoms with Gasteiger partial charge in [-0.1, -0.05) is 0 Å². The van der Waals surface area contributed by atoms with Crippen molar-refractivity contribution in [3.05, 3.63) is 33.5 Å². The van der Waals surface area contributed by atoms with E-state index < -0.39 is 5.97 Å². The van der Waals surface area contributed by atoms with E-state index in [1.807, 2.05) is 17.3 Å². The van der Waals surface area contributed by atoms with Crippen LogP contribution >= 0.6 is 22.7 Å². The third kappa shape index (κ3) is 3.28. The lowest BCUT2D eigenvalue weighted by Crippen LogP contribution is -2.15. The zero-order chi connectivity index (χ0) is 12.3. The number of aromatic nitrogens is 1. The Balaban J connectivity index is 2.01. The van der Waals surface area contributed by atoms with Crippen LogP contribution < -0.4 is 4.90 Å². The second-order valence-corrected chi connectivity index (χ2v) is 5.30. The first-order valence-electron chi connectivity index (χ1n) is 5.03. The molecule has 2 aromatic heterocycles. The minimum atomic E-state index is -0.845. The third-order valence-electron chi connectivity index (χ3n) is 2.20. The van der Waals surface area contributed by atoms with Gasteiger partial charge >= 0.3 is 5.97 Å². The van der Waals surface area contributed by atoms with Crippen molar-refractivity contribution in [1.29, 1.82) is 0 Å². The van der Waals surface area contributed by atoms with Crippen LogP contribution in [0.1, 0.15) is 11.3 Å². The average molecular weight is 268 g/mol. The summed E-state index contributed by atoms with van der Waals surface area (Å²) in [7, 11) is 1.96. The van der Waals surface area contributed by atoms with Crippen LogP contribution in [-0.2, 0) is 17.8 Å². The van der Waals surface area contributed by atoms with Gasteiger partial charge in [-0.2, -0.15) is 11.3 Å². The Bertz CT molecular complexity index is 493. The van der Waals surface area contributed by atoms with Crippen molar-refractivity contribution in [2.45, 2.75) is 13.0 Å². The second kappa shape index (κ2) is 5.29. The molecule has 4 nitrogen and oxygen atoms in total. The van der Waals surface area contributed by atoms with Crippen molar-refractivity contribution in [3.63, 3.8) is 0 Å². The van der Waals surface area contributed by atoms with Gasteiger partial charge in [0.25, 0.3) is 0 Å². The predicted octanol–water partition coefficient (Wildman–Crippen LogP) is 2.47. The molecule has 0 aromatic carbocycles. The van der Waals surface area contributed by atoms with Crippen LogP contribution in [0.25, 0.3) is 0 Å². The molecule has 2 rings (SSSR count). The molecule has 1 N–H and O–H groups in total. The molecule has 2 heterocycles. The van der Waals surface area contributed by atoms with E-state index in [0.717, 1.165) is 11.7 Å². The van der Waals surface area contributed by atoms with Gasteiger partial charge in [0.15, 0.2) is 5.13 Å². The molecule has 0 spiro atoms. The monoisotopic (exact) mass is 268 g/mol. The number of hydrogen-bond donors (Lipinski definition) is 1. The highest BCUT2D eigenvalue weighted by atomic mass is 32.1. The van der Waals surface area contributed by atoms with Gasteiger partial charge < -0.3 is 10.0 Å². The lowest BCUT2D eigenvalue weighted by atomic mass is 10.3. The summed E-state index contributed by atoms with van der Waals surface area (Å²) >= 11 is 3.15. The van der Waals surface area contributed by atoms with Gasteiger partial charge in [-0.3, -0.25) is 4.79 Å². The Morgan fingerprint density at radius 3 is 3.00 bits per heavy atom. The van der Waals surface area contributed by atoms with Gasteiger partial charge in [0.1, 0.15) is 0 Å². The molecule has 0 saturated carbocycles. The molecule has 0 bridgehead atoms. The molecule has 0 radical (unpaired) electrons. The fourth-order valence-electron chi connectivity index (χ4n) is 1.43. The molecule has 0 fully saturated rings. The lowest BCUT2D eigenvalue weighted by molar-refractivity contribution is -0.136. The van der Waals surface area contributed by atoms with Crippen LogP contribution in [0.3, 0.4) is 0 Å². The van der Waals surface area contributed by atoms with Gasteiger partial charge in [0, 0.05) is 19.0 Å². The fraction of sp³-hybridized carbons (Fsp3) is 0.273. The zero-order valence-corrected chi connectivity index (χ0v) is 10.9. The predicted molar refractivity (Wildman–Crippen MR) is 69.9 cm³/mol. The molecule has 17 heavy (non-hydrogen) atoms. The number of nitrogens with zero attached hydrogens (tertiary/aromatic N) is 2. The highest BCUT2D eigenvalue weighted by Gasteiger charge is 2.09. The summed E-state index contributed by atoms with van der Waals surface area (Å²) in [5.41, 5.74) is 1.86. The molecule has 0 aliphatic heterocycles. The largest absolute Gasteiger partial charge is 0.481 e. The van der Waals surface area contributed by atoms with Crippen molar-refractivity contribution in [2.75, 3.05) is 11.9 Å². The summed E-state index contributed by atoms with van der Waals surface area (Å²) in [6, 6.07) is 2.08. The van der Waals surface area contributed by atoms with E-state index >= 15 is 0 Å². The number of carbonyl (C=O) groups is 1. The van der Waals surface area contributed by atoms with Crippen LogP contribution in [0.2, 0.25) is 0 Å². The molecule has 0 saturated heterocycles. The van der Waals surface area contributed by atoms with E-state index in [-0.39, 0.29) is 6.42 Å². The van der Waals surface area contributed by atoms with E-state index in [9.17, 15) is 4.79 Å². The summed E-state index contributed by atoms with van der Waals surface area (Å²) in [5, 5.41) is 15.5. The fourth-order valence-corrected chi connectivity index (χ4v) is 2.88. The number of thiophene rings is 1. The van der Waals surface area contributed by atoms with Crippen LogP contribution in [0.5, 0.6) is 0 Å². The normalized spacial score (nSPS) is 10.4. The molecular weight excluding hydrogens is 256 g/mol. The number of carboxylic acids is 1. The van der Waals surface area contributed by atoms with E-state index in [1.54, 1.807) is 16.7 Å². The third-order valence-corrected chi connectivity index (χ3v) is 3.93. The van der Waals surface area contributed by atoms with Crippen molar-refractivity contribution in [1.82, 2.24) is 4.98 Å². The number of hydrogen-bond acceptors (Lipinski definition) is 5. The first-order chi connectivity index (χ1) is 8.15. The van der Waals surface area contributed by atoms with Crippen LogP contribution in [0.15, 0.2) is 22.2 Å². The smallest absolute Gasteiger partial charge is 0.309 e. The molecule has 0 atom stereocenters. The standard InChI is InChI=1S/C11H12N2O2S2/c1-13(5-8-2-3-16-6-8)11-12-9(7-17-11)4-10(14)15/h2-3,6-7H,4-5H2,1H3,(H,14,15). The average Bonchev–Trinajstić information content (AvgIpc) is 2.87. The van der Waals surface area contributed by atoms with Gasteiger partial charge in [-0.15, -0.1) is 11.3 Å². The molecule has 0 aliphatic rings. The van der Waals surface area contributed by atoms with Crippen LogP contribution in [0.4, 0.5) is 5.13 Å². The molecule has 0 unspecified atom stereocenters. The first kappa shape index (κ1) is 12.1. The maximum Gasteiger partial charge on any atom is 0.309 e. The Hall–Kier alpha value is -1.40. The molecule has 90 valence electrons. The van der Waals surface area contributed by atoms with Crippen molar-refractivity contribution in [2.24, 2.45) is 0 Å². The van der Waals surface area contributed by atoms with Crippen LogP contribution in [-0.4, -0.2) is 23.1 Å². The van der Waals surface area contributed by atoms with Gasteiger partial charge in [-0.05, 0) is 22.4 Å². The summed E-state index contributed by atoms with van der Waals surface area (Å²) in [6.07, 6.45) is -0.0111. The van der Waals surface area contributed by atoms with Crippen molar-refractivity contribution >= 4 is 33.8 Å². The minimum Gasteiger partial charge on any atom is -0.481 e. The summed E-state index contributed by atoms with van der Waals surface area (Å²) < 4.78 is 0. The highest BCUT2D eigenvalue weighted by molar-refractivity contribution is 7.13. The SMILES string of the molecule is CN(Cc1ccsc1)c1nc(CC(=O)O)cs1. The van der Waals surface area contributed by atoms with E-state index in [1.165, 1.54) is 16.9 Å². The number of rotatable bonds is 5. The Morgan fingerprint density at radius 1 is 1.53 bits per heavy atom.